The molecule has 2 N–H and O–H groups in total. The van der Waals surface area contributed by atoms with Crippen molar-refractivity contribution in [2.24, 2.45) is 0 Å². The van der Waals surface area contributed by atoms with Crippen molar-refractivity contribution in [1.29, 1.82) is 0 Å². The highest BCUT2D eigenvalue weighted by atomic mass is 79.9. The zero-order valence-corrected chi connectivity index (χ0v) is 15.0. The summed E-state index contributed by atoms with van der Waals surface area (Å²) in [5, 5.41) is 11.5. The maximum Gasteiger partial charge on any atom is 0.317 e. The van der Waals surface area contributed by atoms with Crippen molar-refractivity contribution < 1.29 is 19.4 Å². The van der Waals surface area contributed by atoms with E-state index in [9.17, 15) is 4.79 Å². The molecule has 0 amide bonds. The van der Waals surface area contributed by atoms with E-state index in [1.54, 1.807) is 0 Å². The number of rotatable bonds is 9. The lowest BCUT2D eigenvalue weighted by Gasteiger charge is -2.15. The smallest absolute Gasteiger partial charge is 0.317 e. The number of hydrogen-bond acceptors (Lipinski definition) is 4. The highest BCUT2D eigenvalue weighted by Gasteiger charge is 2.13. The predicted octanol–water partition coefficient (Wildman–Crippen LogP) is 3.60. The maximum absolute atomic E-state index is 10.6. The first-order valence-corrected chi connectivity index (χ1v) is 8.44. The van der Waals surface area contributed by atoms with Gasteiger partial charge in [0.1, 0.15) is 6.61 Å². The van der Waals surface area contributed by atoms with Crippen LogP contribution < -0.4 is 14.8 Å². The van der Waals surface area contributed by atoms with Crippen molar-refractivity contribution in [3.63, 3.8) is 0 Å². The van der Waals surface area contributed by atoms with Crippen LogP contribution in [0.3, 0.4) is 0 Å². The fourth-order valence-electron chi connectivity index (χ4n) is 2.17. The molecule has 128 valence electrons. The first-order chi connectivity index (χ1) is 11.6. The summed E-state index contributed by atoms with van der Waals surface area (Å²) in [5.74, 6) is 0.388. The monoisotopic (exact) mass is 393 g/mol. The molecule has 6 heteroatoms. The number of ether oxygens (including phenoxy) is 2. The second kappa shape index (κ2) is 9.30. The Balaban J connectivity index is 2.12. The number of nitrogens with one attached hydrogen (secondary N) is 1. The summed E-state index contributed by atoms with van der Waals surface area (Å²) in [6, 6.07) is 13.7. The van der Waals surface area contributed by atoms with Crippen molar-refractivity contribution in [2.75, 3.05) is 13.2 Å². The van der Waals surface area contributed by atoms with Gasteiger partial charge in [-0.1, -0.05) is 30.3 Å². The average Bonchev–Trinajstić information content (AvgIpc) is 2.55. The van der Waals surface area contributed by atoms with E-state index < -0.39 is 5.97 Å². The Morgan fingerprint density at radius 1 is 1.17 bits per heavy atom. The highest BCUT2D eigenvalue weighted by molar-refractivity contribution is 9.10. The number of hydrogen-bond donors (Lipinski definition) is 2. The molecule has 0 saturated carbocycles. The predicted molar refractivity (Wildman–Crippen MR) is 95.4 cm³/mol. The van der Waals surface area contributed by atoms with Crippen LogP contribution >= 0.6 is 15.9 Å². The number of aliphatic carboxylic acids is 1. The quantitative estimate of drug-likeness (QED) is 0.680. The zero-order valence-electron chi connectivity index (χ0n) is 13.4. The SMILES string of the molecule is CCOc1cc(CNCC(=O)O)cc(Br)c1OCc1ccccc1. The summed E-state index contributed by atoms with van der Waals surface area (Å²) in [4.78, 5) is 10.6. The van der Waals surface area contributed by atoms with Gasteiger partial charge in [-0.3, -0.25) is 4.79 Å². The summed E-state index contributed by atoms with van der Waals surface area (Å²) in [7, 11) is 0. The summed E-state index contributed by atoms with van der Waals surface area (Å²) in [5.41, 5.74) is 1.98. The Labute approximate surface area is 149 Å². The van der Waals surface area contributed by atoms with Gasteiger partial charge in [0.25, 0.3) is 0 Å². The Kier molecular flexibility index (Phi) is 7.08. The molecule has 24 heavy (non-hydrogen) atoms. The third-order valence-electron chi connectivity index (χ3n) is 3.20. The van der Waals surface area contributed by atoms with Crippen LogP contribution in [0.5, 0.6) is 11.5 Å². The van der Waals surface area contributed by atoms with Crippen LogP contribution in [-0.4, -0.2) is 24.2 Å². The van der Waals surface area contributed by atoms with Gasteiger partial charge in [-0.05, 0) is 46.1 Å². The Hall–Kier alpha value is -2.05. The Bertz CT molecular complexity index is 676. The van der Waals surface area contributed by atoms with Crippen LogP contribution in [0, 0.1) is 0 Å². The molecule has 0 unspecified atom stereocenters. The van der Waals surface area contributed by atoms with Gasteiger partial charge < -0.3 is 19.9 Å². The van der Waals surface area contributed by atoms with Gasteiger partial charge in [0.15, 0.2) is 11.5 Å². The molecule has 2 rings (SSSR count). The lowest BCUT2D eigenvalue weighted by Crippen LogP contribution is -2.21. The molecule has 0 bridgehead atoms. The average molecular weight is 394 g/mol. The highest BCUT2D eigenvalue weighted by Crippen LogP contribution is 2.37. The normalized spacial score (nSPS) is 10.4. The summed E-state index contributed by atoms with van der Waals surface area (Å²) in [6.45, 7) is 3.21. The van der Waals surface area contributed by atoms with Crippen molar-refractivity contribution in [3.8, 4) is 11.5 Å². The second-order valence-corrected chi connectivity index (χ2v) is 5.96. The number of carboxylic acids is 1. The van der Waals surface area contributed by atoms with Crippen LogP contribution in [0.4, 0.5) is 0 Å². The Morgan fingerprint density at radius 3 is 2.58 bits per heavy atom. The van der Waals surface area contributed by atoms with Gasteiger partial charge in [0, 0.05) is 6.54 Å². The lowest BCUT2D eigenvalue weighted by atomic mass is 10.2. The van der Waals surface area contributed by atoms with E-state index >= 15 is 0 Å². The van der Waals surface area contributed by atoms with Crippen LogP contribution in [0.1, 0.15) is 18.1 Å². The molecule has 0 atom stereocenters. The van der Waals surface area contributed by atoms with E-state index in [-0.39, 0.29) is 6.54 Å². The van der Waals surface area contributed by atoms with E-state index in [1.807, 2.05) is 49.4 Å². The van der Waals surface area contributed by atoms with Gasteiger partial charge in [0.05, 0.1) is 17.6 Å². The molecule has 0 heterocycles. The van der Waals surface area contributed by atoms with Crippen molar-refractivity contribution in [1.82, 2.24) is 5.32 Å². The molecule has 0 aliphatic carbocycles. The van der Waals surface area contributed by atoms with Crippen LogP contribution in [-0.2, 0) is 17.9 Å². The number of carboxylic acid groups (broad SMARTS) is 1. The van der Waals surface area contributed by atoms with E-state index in [2.05, 4.69) is 21.2 Å². The van der Waals surface area contributed by atoms with Gasteiger partial charge in [-0.2, -0.15) is 0 Å². The molecule has 0 spiro atoms. The largest absolute Gasteiger partial charge is 0.490 e. The van der Waals surface area contributed by atoms with E-state index in [0.29, 0.717) is 31.3 Å². The molecular weight excluding hydrogens is 374 g/mol. The molecular formula is C18H20BrNO4. The molecule has 5 nitrogen and oxygen atoms in total. The zero-order chi connectivity index (χ0) is 17.4. The third kappa shape index (κ3) is 5.54. The molecule has 0 aromatic heterocycles. The van der Waals surface area contributed by atoms with Gasteiger partial charge in [-0.15, -0.1) is 0 Å². The lowest BCUT2D eigenvalue weighted by molar-refractivity contribution is -0.135. The van der Waals surface area contributed by atoms with Crippen LogP contribution in [0.25, 0.3) is 0 Å². The van der Waals surface area contributed by atoms with Crippen LogP contribution in [0.2, 0.25) is 0 Å². The number of carbonyl (C=O) groups is 1. The fraction of sp³-hybridized carbons (Fsp3) is 0.278. The maximum atomic E-state index is 10.6. The minimum absolute atomic E-state index is 0.0894. The first-order valence-electron chi connectivity index (χ1n) is 7.64. The molecule has 0 saturated heterocycles. The molecule has 0 aliphatic rings. The number of halogens is 1. The summed E-state index contributed by atoms with van der Waals surface area (Å²) >= 11 is 3.51. The van der Waals surface area contributed by atoms with Crippen molar-refractivity contribution in [3.05, 3.63) is 58.1 Å². The summed E-state index contributed by atoms with van der Waals surface area (Å²) in [6.07, 6.45) is 0. The van der Waals surface area contributed by atoms with Gasteiger partial charge in [0.2, 0.25) is 0 Å². The molecule has 2 aromatic carbocycles. The third-order valence-corrected chi connectivity index (χ3v) is 3.79. The standard InChI is InChI=1S/C18H20BrNO4/c1-2-23-16-9-14(10-20-11-17(21)22)8-15(19)18(16)24-12-13-6-4-3-5-7-13/h3-9,20H,2,10-12H2,1H3,(H,21,22). The molecule has 0 fully saturated rings. The van der Waals surface area contributed by atoms with E-state index in [4.69, 9.17) is 14.6 Å². The van der Waals surface area contributed by atoms with Gasteiger partial charge in [-0.25, -0.2) is 0 Å². The first kappa shape index (κ1) is 18.3. The van der Waals surface area contributed by atoms with Crippen molar-refractivity contribution >= 4 is 21.9 Å². The molecule has 2 aromatic rings. The number of benzene rings is 2. The Morgan fingerprint density at radius 2 is 1.92 bits per heavy atom. The summed E-state index contributed by atoms with van der Waals surface area (Å²) < 4.78 is 12.4. The second-order valence-electron chi connectivity index (χ2n) is 5.11. The molecule has 0 radical (unpaired) electrons. The molecule has 0 aliphatic heterocycles. The van der Waals surface area contributed by atoms with E-state index in [0.717, 1.165) is 15.6 Å². The fourth-order valence-corrected chi connectivity index (χ4v) is 2.77. The van der Waals surface area contributed by atoms with Crippen molar-refractivity contribution in [2.45, 2.75) is 20.1 Å². The van der Waals surface area contributed by atoms with Crippen LogP contribution in [0.15, 0.2) is 46.9 Å². The minimum Gasteiger partial charge on any atom is -0.490 e. The topological polar surface area (TPSA) is 67.8 Å². The van der Waals surface area contributed by atoms with Gasteiger partial charge >= 0.3 is 5.97 Å². The minimum atomic E-state index is -0.887. The van der Waals surface area contributed by atoms with E-state index in [1.165, 1.54) is 0 Å².